The summed E-state index contributed by atoms with van der Waals surface area (Å²) in [5.74, 6) is 0.197. The van der Waals surface area contributed by atoms with Gasteiger partial charge in [-0.3, -0.25) is 9.78 Å². The van der Waals surface area contributed by atoms with E-state index in [2.05, 4.69) is 15.4 Å². The Morgan fingerprint density at radius 2 is 1.50 bits per heavy atom. The van der Waals surface area contributed by atoms with E-state index in [9.17, 15) is 14.4 Å². The van der Waals surface area contributed by atoms with Crippen LogP contribution in [0.15, 0.2) is 67.1 Å². The monoisotopic (exact) mass is 574 g/mol. The average molecular weight is 575 g/mol. The summed E-state index contributed by atoms with van der Waals surface area (Å²) in [7, 11) is 0. The molecule has 0 bridgehead atoms. The van der Waals surface area contributed by atoms with E-state index >= 15 is 0 Å². The zero-order valence-corrected chi connectivity index (χ0v) is 25.0. The summed E-state index contributed by atoms with van der Waals surface area (Å²) in [5.41, 5.74) is 3.77. The van der Waals surface area contributed by atoms with Crippen LogP contribution in [-0.4, -0.2) is 70.3 Å². The molecule has 3 aromatic rings. The number of hydrogen-bond donors (Lipinski definition) is 1. The maximum Gasteiger partial charge on any atom is 0.427 e. The number of benzene rings is 1. The number of nitrogens with one attached hydrogen (secondary N) is 1. The van der Waals surface area contributed by atoms with Gasteiger partial charge in [0.05, 0.1) is 11.3 Å². The predicted molar refractivity (Wildman–Crippen MR) is 160 cm³/mol. The molecule has 11 heteroatoms. The van der Waals surface area contributed by atoms with E-state index in [0.29, 0.717) is 37.7 Å². The first kappa shape index (κ1) is 30.3. The molecule has 222 valence electrons. The van der Waals surface area contributed by atoms with Gasteiger partial charge in [0.15, 0.2) is 0 Å². The lowest BCUT2D eigenvalue weighted by Gasteiger charge is -2.36. The minimum Gasteiger partial charge on any atom is -0.444 e. The fourth-order valence-electron chi connectivity index (χ4n) is 4.27. The molecule has 0 aliphatic carbocycles. The number of pyridine rings is 2. The summed E-state index contributed by atoms with van der Waals surface area (Å²) in [6.45, 7) is 12.9. The van der Waals surface area contributed by atoms with Gasteiger partial charge in [0.2, 0.25) is 0 Å². The average Bonchev–Trinajstić information content (AvgIpc) is 2.94. The molecule has 3 amide bonds. The number of amides is 3. The molecule has 2 aromatic heterocycles. The van der Waals surface area contributed by atoms with Crippen LogP contribution in [0, 0.1) is 0 Å². The number of nitrogens with zero attached hydrogens (tertiary/aromatic N) is 5. The lowest BCUT2D eigenvalue weighted by molar-refractivity contribution is 0.0240. The molecule has 0 radical (unpaired) electrons. The Morgan fingerprint density at radius 3 is 2.10 bits per heavy atom. The van der Waals surface area contributed by atoms with Crippen LogP contribution in [0.1, 0.15) is 51.9 Å². The minimum atomic E-state index is -0.766. The fraction of sp³-hybridized carbons (Fsp3) is 0.387. The summed E-state index contributed by atoms with van der Waals surface area (Å²) in [5, 5.41) is 1.16. The lowest BCUT2D eigenvalue weighted by Crippen LogP contribution is -2.50. The number of hydrazine groups is 1. The highest BCUT2D eigenvalue weighted by atomic mass is 16.6. The van der Waals surface area contributed by atoms with Gasteiger partial charge in [0, 0.05) is 44.8 Å². The number of rotatable bonds is 4. The number of carbonyl (C=O) groups excluding carboxylic acids is 3. The van der Waals surface area contributed by atoms with Crippen LogP contribution in [0.5, 0.6) is 0 Å². The summed E-state index contributed by atoms with van der Waals surface area (Å²) < 4.78 is 10.9. The smallest absolute Gasteiger partial charge is 0.427 e. The Morgan fingerprint density at radius 1 is 0.833 bits per heavy atom. The second-order valence-electron chi connectivity index (χ2n) is 11.9. The number of carbonyl (C=O) groups is 3. The topological polar surface area (TPSA) is 117 Å². The minimum absolute atomic E-state index is 0.275. The third kappa shape index (κ3) is 8.18. The van der Waals surface area contributed by atoms with Crippen molar-refractivity contribution in [2.45, 2.75) is 52.7 Å². The Kier molecular flexibility index (Phi) is 8.99. The van der Waals surface area contributed by atoms with Gasteiger partial charge in [-0.15, -0.1) is 0 Å². The highest BCUT2D eigenvalue weighted by Gasteiger charge is 2.28. The van der Waals surface area contributed by atoms with Gasteiger partial charge in [0.1, 0.15) is 17.0 Å². The van der Waals surface area contributed by atoms with E-state index in [1.54, 1.807) is 68.4 Å². The molecule has 1 N–H and O–H groups in total. The number of ether oxygens (including phenoxy) is 2. The van der Waals surface area contributed by atoms with Crippen LogP contribution in [0.4, 0.5) is 21.1 Å². The number of aromatic nitrogens is 2. The molecule has 1 aliphatic heterocycles. The summed E-state index contributed by atoms with van der Waals surface area (Å²) in [4.78, 5) is 51.2. The molecule has 3 heterocycles. The molecule has 0 spiro atoms. The Balaban J connectivity index is 1.51. The molecular weight excluding hydrogens is 536 g/mol. The number of piperazine rings is 1. The van der Waals surface area contributed by atoms with Crippen LogP contribution in [0.25, 0.3) is 11.1 Å². The molecule has 1 aromatic carbocycles. The molecule has 4 rings (SSSR count). The number of anilines is 2. The Bertz CT molecular complexity index is 1390. The normalized spacial score (nSPS) is 13.8. The van der Waals surface area contributed by atoms with E-state index in [1.807, 2.05) is 43.9 Å². The first-order valence-corrected chi connectivity index (χ1v) is 13.8. The van der Waals surface area contributed by atoms with Gasteiger partial charge >= 0.3 is 12.2 Å². The number of hydrogen-bond acceptors (Lipinski definition) is 8. The van der Waals surface area contributed by atoms with Crippen LogP contribution < -0.4 is 15.3 Å². The van der Waals surface area contributed by atoms with Crippen LogP contribution in [-0.2, 0) is 9.47 Å². The van der Waals surface area contributed by atoms with E-state index in [-0.39, 0.29) is 11.7 Å². The van der Waals surface area contributed by atoms with Crippen molar-refractivity contribution in [3.63, 3.8) is 0 Å². The maximum atomic E-state index is 13.7. The Labute approximate surface area is 246 Å². The van der Waals surface area contributed by atoms with Crippen LogP contribution in [0.2, 0.25) is 0 Å². The standard InChI is InChI=1S/C31H38N6O5/c1-30(2,3)41-28(39)34-37(25-9-7-8-23(20-25)22-12-14-32-15-13-22)27(38)24-10-11-26(33-21-24)35-16-18-36(19-17-35)29(40)42-31(4,5)6/h7-15,20-21H,16-19H2,1-6H3,(H,34,39). The summed E-state index contributed by atoms with van der Waals surface area (Å²) in [6.07, 6.45) is 3.76. The van der Waals surface area contributed by atoms with Crippen molar-refractivity contribution < 1.29 is 23.9 Å². The molecule has 0 atom stereocenters. The van der Waals surface area contributed by atoms with Gasteiger partial charge in [0.25, 0.3) is 5.91 Å². The SMILES string of the molecule is CC(C)(C)OC(=O)NN(C(=O)c1ccc(N2CCN(C(=O)OC(C)(C)C)CC2)nc1)c1cccc(-c2ccncc2)c1. The third-order valence-corrected chi connectivity index (χ3v) is 6.17. The maximum absolute atomic E-state index is 13.7. The highest BCUT2D eigenvalue weighted by Crippen LogP contribution is 2.25. The van der Waals surface area contributed by atoms with Crippen LogP contribution in [0.3, 0.4) is 0 Å². The van der Waals surface area contributed by atoms with Crippen molar-refractivity contribution in [2.75, 3.05) is 36.1 Å². The van der Waals surface area contributed by atoms with Gasteiger partial charge < -0.3 is 19.3 Å². The third-order valence-electron chi connectivity index (χ3n) is 6.17. The van der Waals surface area contributed by atoms with E-state index in [0.717, 1.165) is 16.1 Å². The van der Waals surface area contributed by atoms with Crippen molar-refractivity contribution in [1.82, 2.24) is 20.3 Å². The van der Waals surface area contributed by atoms with E-state index in [4.69, 9.17) is 9.47 Å². The summed E-state index contributed by atoms with van der Waals surface area (Å²) >= 11 is 0. The van der Waals surface area contributed by atoms with Gasteiger partial charge in [-0.2, -0.15) is 0 Å². The molecule has 0 unspecified atom stereocenters. The van der Waals surface area contributed by atoms with Crippen molar-refractivity contribution in [2.24, 2.45) is 0 Å². The first-order chi connectivity index (χ1) is 19.8. The second-order valence-corrected chi connectivity index (χ2v) is 11.9. The Hall–Kier alpha value is -4.67. The molecule has 1 aliphatic rings. The summed E-state index contributed by atoms with van der Waals surface area (Å²) in [6, 6.07) is 14.4. The zero-order chi connectivity index (χ0) is 30.5. The molecule has 1 fully saturated rings. The molecule has 1 saturated heterocycles. The molecule has 0 saturated carbocycles. The second kappa shape index (κ2) is 12.5. The zero-order valence-electron chi connectivity index (χ0n) is 25.0. The molecule has 42 heavy (non-hydrogen) atoms. The largest absolute Gasteiger partial charge is 0.444 e. The molecular formula is C31H38N6O5. The predicted octanol–water partition coefficient (Wildman–Crippen LogP) is 5.29. The van der Waals surface area contributed by atoms with Gasteiger partial charge in [-0.25, -0.2) is 25.0 Å². The van der Waals surface area contributed by atoms with Crippen LogP contribution >= 0.6 is 0 Å². The molecule has 11 nitrogen and oxygen atoms in total. The van der Waals surface area contributed by atoms with Crippen molar-refractivity contribution in [3.8, 4) is 11.1 Å². The van der Waals surface area contributed by atoms with Crippen molar-refractivity contribution >= 4 is 29.6 Å². The van der Waals surface area contributed by atoms with Crippen molar-refractivity contribution in [3.05, 3.63) is 72.7 Å². The van der Waals surface area contributed by atoms with Gasteiger partial charge in [-0.1, -0.05) is 12.1 Å². The van der Waals surface area contributed by atoms with Crippen molar-refractivity contribution in [1.29, 1.82) is 0 Å². The van der Waals surface area contributed by atoms with E-state index < -0.39 is 23.2 Å². The van der Waals surface area contributed by atoms with Gasteiger partial charge in [-0.05, 0) is 89.1 Å². The van der Waals surface area contributed by atoms with E-state index in [1.165, 1.54) is 6.20 Å². The highest BCUT2D eigenvalue weighted by molar-refractivity contribution is 6.07. The lowest BCUT2D eigenvalue weighted by atomic mass is 10.1. The quantitative estimate of drug-likeness (QED) is 0.418. The first-order valence-electron chi connectivity index (χ1n) is 13.8. The fourth-order valence-corrected chi connectivity index (χ4v) is 4.27.